The summed E-state index contributed by atoms with van der Waals surface area (Å²) in [6.07, 6.45) is 0.223. The number of nitrogens with zero attached hydrogens (tertiary/aromatic N) is 2. The minimum atomic E-state index is -0.301. The second-order valence-electron chi connectivity index (χ2n) is 4.72. The zero-order valence-corrected chi connectivity index (χ0v) is 11.0. The van der Waals surface area contributed by atoms with Crippen molar-refractivity contribution in [1.29, 1.82) is 0 Å². The number of fused-ring (bicyclic) bond motifs is 1. The molecule has 100 valence electrons. The van der Waals surface area contributed by atoms with Crippen molar-refractivity contribution in [2.75, 3.05) is 0 Å². The van der Waals surface area contributed by atoms with Crippen LogP contribution in [0.15, 0.2) is 48.5 Å². The van der Waals surface area contributed by atoms with Gasteiger partial charge >= 0.3 is 0 Å². The van der Waals surface area contributed by atoms with Crippen LogP contribution in [0.3, 0.4) is 0 Å². The fourth-order valence-electron chi connectivity index (χ4n) is 2.29. The Bertz CT molecular complexity index is 775. The zero-order chi connectivity index (χ0) is 14.1. The molecular weight excluding hydrogens is 255 g/mol. The smallest absolute Gasteiger partial charge is 0.188 e. The van der Waals surface area contributed by atoms with Gasteiger partial charge in [0.15, 0.2) is 5.78 Å². The Kier molecular flexibility index (Phi) is 3.06. The Hall–Kier alpha value is -2.49. The average Bonchev–Trinajstić information content (AvgIpc) is 2.79. The molecule has 0 radical (unpaired) electrons. The third-order valence-corrected chi connectivity index (χ3v) is 3.30. The first-order valence-electron chi connectivity index (χ1n) is 6.34. The molecule has 3 aromatic rings. The molecule has 1 heterocycles. The second kappa shape index (κ2) is 4.89. The lowest BCUT2D eigenvalue weighted by molar-refractivity contribution is 0.0989. The summed E-state index contributed by atoms with van der Waals surface area (Å²) in [6.45, 7) is 0. The number of carbonyl (C=O) groups excluding carboxylic acids is 1. The number of Topliss-reactive ketones (excluding diaryl/α,β-unsaturated/α-hetero) is 1. The van der Waals surface area contributed by atoms with E-state index < -0.39 is 0 Å². The van der Waals surface area contributed by atoms with Crippen LogP contribution in [-0.2, 0) is 13.5 Å². The van der Waals surface area contributed by atoms with Gasteiger partial charge in [0.05, 0.1) is 5.52 Å². The lowest BCUT2D eigenvalue weighted by Gasteiger charge is -1.99. The Morgan fingerprint density at radius 3 is 2.60 bits per heavy atom. The number of carbonyl (C=O) groups is 1. The van der Waals surface area contributed by atoms with E-state index in [0.29, 0.717) is 5.69 Å². The van der Waals surface area contributed by atoms with Crippen LogP contribution in [0.4, 0.5) is 4.39 Å². The molecule has 2 aromatic carbocycles. The van der Waals surface area contributed by atoms with Gasteiger partial charge in [-0.2, -0.15) is 5.10 Å². The number of hydrogen-bond acceptors (Lipinski definition) is 2. The van der Waals surface area contributed by atoms with Crippen molar-refractivity contribution in [3.05, 3.63) is 65.6 Å². The molecule has 0 bridgehead atoms. The van der Waals surface area contributed by atoms with E-state index in [2.05, 4.69) is 5.10 Å². The van der Waals surface area contributed by atoms with Gasteiger partial charge in [0.2, 0.25) is 0 Å². The van der Waals surface area contributed by atoms with Gasteiger partial charge in [-0.15, -0.1) is 0 Å². The number of para-hydroxylation sites is 1. The number of halogens is 1. The maximum atomic E-state index is 12.9. The van der Waals surface area contributed by atoms with E-state index in [0.717, 1.165) is 16.5 Å². The third-order valence-electron chi connectivity index (χ3n) is 3.30. The monoisotopic (exact) mass is 268 g/mol. The molecule has 0 N–H and O–H groups in total. The van der Waals surface area contributed by atoms with Crippen molar-refractivity contribution < 1.29 is 9.18 Å². The number of aromatic nitrogens is 2. The standard InChI is InChI=1S/C16H13FN2O/c1-19-14-5-3-2-4-13(14)16(18-19)15(20)10-11-6-8-12(17)9-7-11/h2-9H,10H2,1H3. The van der Waals surface area contributed by atoms with E-state index in [9.17, 15) is 9.18 Å². The highest BCUT2D eigenvalue weighted by Crippen LogP contribution is 2.19. The first-order valence-corrected chi connectivity index (χ1v) is 6.34. The van der Waals surface area contributed by atoms with Gasteiger partial charge in [0, 0.05) is 18.9 Å². The molecule has 1 aromatic heterocycles. The molecule has 4 heteroatoms. The van der Waals surface area contributed by atoms with Crippen LogP contribution in [0, 0.1) is 5.82 Å². The molecule has 0 saturated carbocycles. The SMILES string of the molecule is Cn1nc(C(=O)Cc2ccc(F)cc2)c2ccccc21. The third kappa shape index (κ3) is 2.20. The Labute approximate surface area is 115 Å². The first kappa shape index (κ1) is 12.5. The fraction of sp³-hybridized carbons (Fsp3) is 0.125. The Morgan fingerprint density at radius 2 is 1.85 bits per heavy atom. The topological polar surface area (TPSA) is 34.9 Å². The summed E-state index contributed by atoms with van der Waals surface area (Å²) in [7, 11) is 1.82. The number of hydrogen-bond donors (Lipinski definition) is 0. The number of rotatable bonds is 3. The molecule has 3 rings (SSSR count). The summed E-state index contributed by atoms with van der Waals surface area (Å²) < 4.78 is 14.6. The summed E-state index contributed by atoms with van der Waals surface area (Å²) in [6, 6.07) is 13.6. The van der Waals surface area contributed by atoms with Gasteiger partial charge in [-0.25, -0.2) is 4.39 Å². The van der Waals surface area contributed by atoms with Gasteiger partial charge in [0.1, 0.15) is 11.5 Å². The molecule has 3 nitrogen and oxygen atoms in total. The molecule has 0 aliphatic carbocycles. The van der Waals surface area contributed by atoms with Crippen LogP contribution < -0.4 is 0 Å². The molecule has 0 aliphatic heterocycles. The quantitative estimate of drug-likeness (QED) is 0.684. The molecule has 0 unspecified atom stereocenters. The van der Waals surface area contributed by atoms with Crippen LogP contribution in [0.1, 0.15) is 16.1 Å². The van der Waals surface area contributed by atoms with Crippen molar-refractivity contribution in [3.63, 3.8) is 0 Å². The van der Waals surface area contributed by atoms with E-state index in [-0.39, 0.29) is 18.0 Å². The molecule has 0 amide bonds. The fourth-order valence-corrected chi connectivity index (χ4v) is 2.29. The Balaban J connectivity index is 1.95. The van der Waals surface area contributed by atoms with E-state index in [1.165, 1.54) is 12.1 Å². The maximum absolute atomic E-state index is 12.9. The van der Waals surface area contributed by atoms with Gasteiger partial charge in [0.25, 0.3) is 0 Å². The summed E-state index contributed by atoms with van der Waals surface area (Å²) >= 11 is 0. The average molecular weight is 268 g/mol. The molecule has 0 fully saturated rings. The normalized spacial score (nSPS) is 10.9. The number of aryl methyl sites for hydroxylation is 1. The lowest BCUT2D eigenvalue weighted by Crippen LogP contribution is -2.05. The van der Waals surface area contributed by atoms with Crippen molar-refractivity contribution in [3.8, 4) is 0 Å². The van der Waals surface area contributed by atoms with E-state index in [1.807, 2.05) is 31.3 Å². The van der Waals surface area contributed by atoms with Crippen LogP contribution in [-0.4, -0.2) is 15.6 Å². The van der Waals surface area contributed by atoms with Crippen molar-refractivity contribution in [1.82, 2.24) is 9.78 Å². The van der Waals surface area contributed by atoms with E-state index in [1.54, 1.807) is 16.8 Å². The minimum absolute atomic E-state index is 0.0617. The largest absolute Gasteiger partial charge is 0.292 e. The highest BCUT2D eigenvalue weighted by molar-refractivity contribution is 6.06. The second-order valence-corrected chi connectivity index (χ2v) is 4.72. The van der Waals surface area contributed by atoms with Crippen LogP contribution >= 0.6 is 0 Å². The summed E-state index contributed by atoms with van der Waals surface area (Å²) in [5, 5.41) is 5.15. The highest BCUT2D eigenvalue weighted by atomic mass is 19.1. The molecule has 20 heavy (non-hydrogen) atoms. The molecule has 0 aliphatic rings. The van der Waals surface area contributed by atoms with Crippen molar-refractivity contribution in [2.45, 2.75) is 6.42 Å². The van der Waals surface area contributed by atoms with Gasteiger partial charge in [-0.3, -0.25) is 9.48 Å². The lowest BCUT2D eigenvalue weighted by atomic mass is 10.0. The summed E-state index contributed by atoms with van der Waals surface area (Å²) in [5.74, 6) is -0.363. The highest BCUT2D eigenvalue weighted by Gasteiger charge is 2.15. The van der Waals surface area contributed by atoms with E-state index >= 15 is 0 Å². The van der Waals surface area contributed by atoms with Gasteiger partial charge in [-0.1, -0.05) is 30.3 Å². The molecule has 0 saturated heterocycles. The van der Waals surface area contributed by atoms with Crippen molar-refractivity contribution in [2.24, 2.45) is 7.05 Å². The van der Waals surface area contributed by atoms with Gasteiger partial charge < -0.3 is 0 Å². The summed E-state index contributed by atoms with van der Waals surface area (Å²) in [5.41, 5.74) is 2.17. The van der Waals surface area contributed by atoms with Crippen molar-refractivity contribution >= 4 is 16.7 Å². The number of benzene rings is 2. The predicted molar refractivity (Wildman–Crippen MR) is 75.1 cm³/mol. The van der Waals surface area contributed by atoms with Crippen LogP contribution in [0.5, 0.6) is 0 Å². The number of ketones is 1. The van der Waals surface area contributed by atoms with Crippen LogP contribution in [0.25, 0.3) is 10.9 Å². The van der Waals surface area contributed by atoms with E-state index in [4.69, 9.17) is 0 Å². The maximum Gasteiger partial charge on any atom is 0.188 e. The first-order chi connectivity index (χ1) is 9.65. The molecule has 0 spiro atoms. The molecule has 0 atom stereocenters. The zero-order valence-electron chi connectivity index (χ0n) is 11.0. The minimum Gasteiger partial charge on any atom is -0.292 e. The predicted octanol–water partition coefficient (Wildman–Crippen LogP) is 3.14. The van der Waals surface area contributed by atoms with Crippen LogP contribution in [0.2, 0.25) is 0 Å². The summed E-state index contributed by atoms with van der Waals surface area (Å²) in [4.78, 5) is 12.4. The molecular formula is C16H13FN2O. The Morgan fingerprint density at radius 1 is 1.15 bits per heavy atom. The van der Waals surface area contributed by atoms with Gasteiger partial charge in [-0.05, 0) is 23.8 Å².